The second-order valence-electron chi connectivity index (χ2n) is 3.24. The van der Waals surface area contributed by atoms with Crippen molar-refractivity contribution in [2.45, 2.75) is 6.92 Å². The number of aromatic nitrogens is 1. The molecule has 0 bridgehead atoms. The summed E-state index contributed by atoms with van der Waals surface area (Å²) in [4.78, 5) is 4.30. The highest BCUT2D eigenvalue weighted by atomic mass is 19.1. The predicted molar refractivity (Wildman–Crippen MR) is 56.0 cm³/mol. The van der Waals surface area contributed by atoms with Crippen LogP contribution in [0.15, 0.2) is 24.3 Å². The molecule has 72 valence electrons. The van der Waals surface area contributed by atoms with E-state index < -0.39 is 0 Å². The molecule has 2 nitrogen and oxygen atoms in total. The molecule has 1 aromatic heterocycles. The molecule has 0 radical (unpaired) electrons. The number of nitrogens with one attached hydrogen (secondary N) is 1. The van der Waals surface area contributed by atoms with Crippen LogP contribution in [0.5, 0.6) is 0 Å². The van der Waals surface area contributed by atoms with Gasteiger partial charge in [0.25, 0.3) is 0 Å². The van der Waals surface area contributed by atoms with Gasteiger partial charge in [0, 0.05) is 18.5 Å². The highest BCUT2D eigenvalue weighted by molar-refractivity contribution is 5.81. The largest absolute Gasteiger partial charge is 0.373 e. The Hall–Kier alpha value is -1.64. The smallest absolute Gasteiger partial charge is 0.129 e. The molecule has 0 amide bonds. The van der Waals surface area contributed by atoms with E-state index in [4.69, 9.17) is 0 Å². The molecular weight excluding hydrogens is 179 g/mol. The molecule has 0 unspecified atom stereocenters. The SMILES string of the molecule is CNc1nc2cc(F)ccc2cc1C. The van der Waals surface area contributed by atoms with Gasteiger partial charge in [-0.2, -0.15) is 0 Å². The Morgan fingerprint density at radius 3 is 2.79 bits per heavy atom. The van der Waals surface area contributed by atoms with Crippen LogP contribution in [0.25, 0.3) is 10.9 Å². The number of fused-ring (bicyclic) bond motifs is 1. The van der Waals surface area contributed by atoms with E-state index in [-0.39, 0.29) is 5.82 Å². The Balaban J connectivity index is 2.73. The minimum Gasteiger partial charge on any atom is -0.373 e. The molecular formula is C11H11FN2. The molecule has 0 saturated carbocycles. The Morgan fingerprint density at radius 1 is 1.29 bits per heavy atom. The monoisotopic (exact) mass is 190 g/mol. The summed E-state index contributed by atoms with van der Waals surface area (Å²) in [5.41, 5.74) is 1.74. The molecule has 0 aliphatic carbocycles. The number of pyridine rings is 1. The van der Waals surface area contributed by atoms with Crippen LogP contribution >= 0.6 is 0 Å². The van der Waals surface area contributed by atoms with Crippen LogP contribution in [0.4, 0.5) is 10.2 Å². The topological polar surface area (TPSA) is 24.9 Å². The number of halogens is 1. The van der Waals surface area contributed by atoms with E-state index in [1.807, 2.05) is 13.0 Å². The molecule has 3 heteroatoms. The van der Waals surface area contributed by atoms with Gasteiger partial charge in [0.15, 0.2) is 0 Å². The van der Waals surface area contributed by atoms with Crippen LogP contribution in [-0.2, 0) is 0 Å². The molecule has 0 saturated heterocycles. The second-order valence-corrected chi connectivity index (χ2v) is 3.24. The predicted octanol–water partition coefficient (Wildman–Crippen LogP) is 2.72. The zero-order valence-electron chi connectivity index (χ0n) is 8.13. The summed E-state index contributed by atoms with van der Waals surface area (Å²) in [6.07, 6.45) is 0. The molecule has 2 rings (SSSR count). The minimum atomic E-state index is -0.254. The van der Waals surface area contributed by atoms with E-state index in [1.54, 1.807) is 13.1 Å². The molecule has 1 N–H and O–H groups in total. The molecule has 0 aliphatic rings. The standard InChI is InChI=1S/C11H11FN2/c1-7-5-8-3-4-9(12)6-10(8)14-11(7)13-2/h3-6H,1-2H3,(H,13,14). The highest BCUT2D eigenvalue weighted by Crippen LogP contribution is 2.19. The summed E-state index contributed by atoms with van der Waals surface area (Å²) < 4.78 is 12.9. The summed E-state index contributed by atoms with van der Waals surface area (Å²) in [7, 11) is 1.81. The third-order valence-corrected chi connectivity index (χ3v) is 2.21. The number of benzene rings is 1. The fourth-order valence-corrected chi connectivity index (χ4v) is 1.50. The zero-order valence-corrected chi connectivity index (χ0v) is 8.13. The molecule has 0 atom stereocenters. The van der Waals surface area contributed by atoms with Gasteiger partial charge in [-0.3, -0.25) is 0 Å². The Kier molecular flexibility index (Phi) is 2.08. The van der Waals surface area contributed by atoms with Crippen LogP contribution in [0.1, 0.15) is 5.56 Å². The number of hydrogen-bond donors (Lipinski definition) is 1. The van der Waals surface area contributed by atoms with E-state index in [2.05, 4.69) is 10.3 Å². The minimum absolute atomic E-state index is 0.254. The molecule has 0 aliphatic heterocycles. The number of rotatable bonds is 1. The fourth-order valence-electron chi connectivity index (χ4n) is 1.50. The second kappa shape index (κ2) is 3.25. The zero-order chi connectivity index (χ0) is 10.1. The van der Waals surface area contributed by atoms with Gasteiger partial charge >= 0.3 is 0 Å². The average Bonchev–Trinajstić information content (AvgIpc) is 2.17. The summed E-state index contributed by atoms with van der Waals surface area (Å²) in [6.45, 7) is 1.97. The normalized spacial score (nSPS) is 10.5. The van der Waals surface area contributed by atoms with Crippen molar-refractivity contribution in [3.8, 4) is 0 Å². The van der Waals surface area contributed by atoms with Crippen LogP contribution in [-0.4, -0.2) is 12.0 Å². The van der Waals surface area contributed by atoms with E-state index in [0.717, 1.165) is 16.8 Å². The maximum atomic E-state index is 12.9. The summed E-state index contributed by atoms with van der Waals surface area (Å²) in [6, 6.07) is 6.62. The lowest BCUT2D eigenvalue weighted by Gasteiger charge is -2.05. The first-order valence-corrected chi connectivity index (χ1v) is 4.45. The molecule has 1 aromatic carbocycles. The van der Waals surface area contributed by atoms with E-state index in [1.165, 1.54) is 12.1 Å². The van der Waals surface area contributed by atoms with Crippen LogP contribution < -0.4 is 5.32 Å². The highest BCUT2D eigenvalue weighted by Gasteiger charge is 2.02. The van der Waals surface area contributed by atoms with Gasteiger partial charge in [-0.05, 0) is 30.7 Å². The maximum absolute atomic E-state index is 12.9. The summed E-state index contributed by atoms with van der Waals surface area (Å²) in [5.74, 6) is 0.541. The van der Waals surface area contributed by atoms with E-state index >= 15 is 0 Å². The lowest BCUT2D eigenvalue weighted by molar-refractivity contribution is 0.629. The number of anilines is 1. The van der Waals surface area contributed by atoms with E-state index in [9.17, 15) is 4.39 Å². The Bertz CT molecular complexity index is 480. The molecule has 0 fully saturated rings. The van der Waals surface area contributed by atoms with Gasteiger partial charge < -0.3 is 5.32 Å². The average molecular weight is 190 g/mol. The molecule has 14 heavy (non-hydrogen) atoms. The summed E-state index contributed by atoms with van der Waals surface area (Å²) in [5, 5.41) is 3.93. The van der Waals surface area contributed by atoms with Gasteiger partial charge in [-0.15, -0.1) is 0 Å². The van der Waals surface area contributed by atoms with Gasteiger partial charge in [-0.1, -0.05) is 0 Å². The van der Waals surface area contributed by atoms with Crippen molar-refractivity contribution in [1.29, 1.82) is 0 Å². The molecule has 1 heterocycles. The first kappa shape index (κ1) is 8.94. The van der Waals surface area contributed by atoms with Crippen LogP contribution in [0.3, 0.4) is 0 Å². The number of aryl methyl sites for hydroxylation is 1. The lowest BCUT2D eigenvalue weighted by Crippen LogP contribution is -1.96. The fraction of sp³-hybridized carbons (Fsp3) is 0.182. The van der Waals surface area contributed by atoms with Crippen molar-refractivity contribution in [3.63, 3.8) is 0 Å². The maximum Gasteiger partial charge on any atom is 0.129 e. The third-order valence-electron chi connectivity index (χ3n) is 2.21. The van der Waals surface area contributed by atoms with Crippen LogP contribution in [0.2, 0.25) is 0 Å². The quantitative estimate of drug-likeness (QED) is 0.747. The van der Waals surface area contributed by atoms with Gasteiger partial charge in [-0.25, -0.2) is 9.37 Å². The van der Waals surface area contributed by atoms with Gasteiger partial charge in [0.2, 0.25) is 0 Å². The van der Waals surface area contributed by atoms with Crippen LogP contribution in [0, 0.1) is 12.7 Å². The Morgan fingerprint density at radius 2 is 2.07 bits per heavy atom. The van der Waals surface area contributed by atoms with Crippen molar-refractivity contribution in [2.24, 2.45) is 0 Å². The summed E-state index contributed by atoms with van der Waals surface area (Å²) >= 11 is 0. The number of nitrogens with zero attached hydrogens (tertiary/aromatic N) is 1. The lowest BCUT2D eigenvalue weighted by atomic mass is 10.1. The number of hydrogen-bond acceptors (Lipinski definition) is 2. The van der Waals surface area contributed by atoms with E-state index in [0.29, 0.717) is 5.52 Å². The van der Waals surface area contributed by atoms with Crippen molar-refractivity contribution < 1.29 is 4.39 Å². The van der Waals surface area contributed by atoms with Gasteiger partial charge in [0.1, 0.15) is 11.6 Å². The third kappa shape index (κ3) is 1.41. The van der Waals surface area contributed by atoms with Crippen molar-refractivity contribution >= 4 is 16.7 Å². The van der Waals surface area contributed by atoms with Gasteiger partial charge in [0.05, 0.1) is 5.52 Å². The Labute approximate surface area is 81.8 Å². The first-order chi connectivity index (χ1) is 6.70. The van der Waals surface area contributed by atoms with Crippen molar-refractivity contribution in [3.05, 3.63) is 35.6 Å². The van der Waals surface area contributed by atoms with Crippen molar-refractivity contribution in [1.82, 2.24) is 4.98 Å². The van der Waals surface area contributed by atoms with Crippen molar-refractivity contribution in [2.75, 3.05) is 12.4 Å². The molecule has 2 aromatic rings. The molecule has 0 spiro atoms. The first-order valence-electron chi connectivity index (χ1n) is 4.45.